The van der Waals surface area contributed by atoms with Crippen molar-refractivity contribution in [2.45, 2.75) is 13.0 Å². The standard InChI is InChI=1S/C14H12F2N2O3/c1-8(21-14(20)11-3-2-6-17-11)13(19)18-12-7-9(15)4-5-10(12)16/h2-8,17H,1H3,(H,18,19)/t8-/m0/s1. The third kappa shape index (κ3) is 3.65. The fourth-order valence-corrected chi connectivity index (χ4v) is 1.56. The van der Waals surface area contributed by atoms with Crippen molar-refractivity contribution in [3.05, 3.63) is 53.9 Å². The first-order chi connectivity index (χ1) is 9.97. The molecule has 1 aromatic heterocycles. The lowest BCUT2D eigenvalue weighted by Crippen LogP contribution is -2.30. The summed E-state index contributed by atoms with van der Waals surface area (Å²) in [5, 5.41) is 2.16. The van der Waals surface area contributed by atoms with Crippen molar-refractivity contribution in [2.75, 3.05) is 5.32 Å². The van der Waals surface area contributed by atoms with Crippen LogP contribution in [0, 0.1) is 11.6 Å². The van der Waals surface area contributed by atoms with E-state index >= 15 is 0 Å². The smallest absolute Gasteiger partial charge is 0.355 e. The maximum Gasteiger partial charge on any atom is 0.355 e. The van der Waals surface area contributed by atoms with Crippen molar-refractivity contribution in [2.24, 2.45) is 0 Å². The van der Waals surface area contributed by atoms with Gasteiger partial charge in [0.05, 0.1) is 5.69 Å². The topological polar surface area (TPSA) is 71.2 Å². The minimum Gasteiger partial charge on any atom is -0.448 e. The van der Waals surface area contributed by atoms with Gasteiger partial charge in [0.25, 0.3) is 5.91 Å². The van der Waals surface area contributed by atoms with Gasteiger partial charge in [-0.05, 0) is 31.2 Å². The first-order valence-electron chi connectivity index (χ1n) is 6.07. The molecule has 1 heterocycles. The summed E-state index contributed by atoms with van der Waals surface area (Å²) in [7, 11) is 0. The molecule has 0 saturated heterocycles. The Hall–Kier alpha value is -2.70. The van der Waals surface area contributed by atoms with Gasteiger partial charge in [-0.3, -0.25) is 4.79 Å². The van der Waals surface area contributed by atoms with Crippen LogP contribution in [0.4, 0.5) is 14.5 Å². The molecule has 2 aromatic rings. The number of hydrogen-bond donors (Lipinski definition) is 2. The third-order valence-electron chi connectivity index (χ3n) is 2.66. The molecule has 0 unspecified atom stereocenters. The number of nitrogens with one attached hydrogen (secondary N) is 2. The van der Waals surface area contributed by atoms with Crippen LogP contribution in [0.2, 0.25) is 0 Å². The summed E-state index contributed by atoms with van der Waals surface area (Å²) in [6.45, 7) is 1.33. The number of benzene rings is 1. The monoisotopic (exact) mass is 294 g/mol. The maximum absolute atomic E-state index is 13.4. The van der Waals surface area contributed by atoms with Gasteiger partial charge >= 0.3 is 5.97 Å². The molecule has 2 N–H and O–H groups in total. The number of carbonyl (C=O) groups is 2. The highest BCUT2D eigenvalue weighted by molar-refractivity contribution is 5.96. The SMILES string of the molecule is C[C@H](OC(=O)c1ccc[nH]1)C(=O)Nc1cc(F)ccc1F. The van der Waals surface area contributed by atoms with Crippen LogP contribution in [-0.4, -0.2) is 23.0 Å². The Morgan fingerprint density at radius 1 is 1.29 bits per heavy atom. The van der Waals surface area contributed by atoms with Crippen LogP contribution < -0.4 is 5.32 Å². The van der Waals surface area contributed by atoms with Crippen LogP contribution in [0.5, 0.6) is 0 Å². The number of carbonyl (C=O) groups excluding carboxylic acids is 2. The van der Waals surface area contributed by atoms with Crippen LogP contribution in [0.3, 0.4) is 0 Å². The summed E-state index contributed by atoms with van der Waals surface area (Å²) >= 11 is 0. The lowest BCUT2D eigenvalue weighted by atomic mass is 10.2. The Kier molecular flexibility index (Phi) is 4.32. The molecule has 110 valence electrons. The van der Waals surface area contributed by atoms with E-state index in [0.717, 1.165) is 18.2 Å². The Labute approximate surface area is 118 Å². The second kappa shape index (κ2) is 6.17. The van der Waals surface area contributed by atoms with E-state index in [9.17, 15) is 18.4 Å². The fourth-order valence-electron chi connectivity index (χ4n) is 1.56. The zero-order valence-electron chi connectivity index (χ0n) is 11.0. The highest BCUT2D eigenvalue weighted by Crippen LogP contribution is 2.16. The molecule has 5 nitrogen and oxygen atoms in total. The third-order valence-corrected chi connectivity index (χ3v) is 2.66. The predicted octanol–water partition coefficient (Wildman–Crippen LogP) is 2.48. The average Bonchev–Trinajstić information content (AvgIpc) is 2.97. The molecule has 7 heteroatoms. The number of H-pyrrole nitrogens is 1. The Morgan fingerprint density at radius 2 is 2.05 bits per heavy atom. The van der Waals surface area contributed by atoms with Gasteiger partial charge in [-0.1, -0.05) is 0 Å². The number of rotatable bonds is 4. The van der Waals surface area contributed by atoms with Crippen molar-refractivity contribution in [3.8, 4) is 0 Å². The number of halogens is 2. The van der Waals surface area contributed by atoms with Gasteiger partial charge < -0.3 is 15.0 Å². The van der Waals surface area contributed by atoms with Crippen LogP contribution >= 0.6 is 0 Å². The van der Waals surface area contributed by atoms with Crippen molar-refractivity contribution in [1.82, 2.24) is 4.98 Å². The molecular formula is C14H12F2N2O3. The zero-order valence-corrected chi connectivity index (χ0v) is 11.0. The summed E-state index contributed by atoms with van der Waals surface area (Å²) in [6.07, 6.45) is 0.368. The second-order valence-corrected chi connectivity index (χ2v) is 4.24. The molecule has 0 aliphatic rings. The molecule has 1 aromatic carbocycles. The normalized spacial score (nSPS) is 11.8. The highest BCUT2D eigenvalue weighted by atomic mass is 19.1. The molecule has 0 spiro atoms. The Morgan fingerprint density at radius 3 is 2.71 bits per heavy atom. The van der Waals surface area contributed by atoms with E-state index in [1.165, 1.54) is 19.2 Å². The molecular weight excluding hydrogens is 282 g/mol. The first-order valence-corrected chi connectivity index (χ1v) is 6.07. The van der Waals surface area contributed by atoms with E-state index < -0.39 is 29.6 Å². The van der Waals surface area contributed by atoms with Crippen molar-refractivity contribution in [1.29, 1.82) is 0 Å². The molecule has 0 fully saturated rings. The van der Waals surface area contributed by atoms with Crippen LogP contribution in [0.25, 0.3) is 0 Å². The van der Waals surface area contributed by atoms with Crippen molar-refractivity contribution >= 4 is 17.6 Å². The number of aromatic nitrogens is 1. The molecule has 0 aliphatic heterocycles. The molecule has 0 bridgehead atoms. The second-order valence-electron chi connectivity index (χ2n) is 4.24. The number of aromatic amines is 1. The lowest BCUT2D eigenvalue weighted by Gasteiger charge is -2.13. The molecule has 0 saturated carbocycles. The zero-order chi connectivity index (χ0) is 15.4. The minimum atomic E-state index is -1.16. The van der Waals surface area contributed by atoms with Gasteiger partial charge in [-0.2, -0.15) is 0 Å². The van der Waals surface area contributed by atoms with Gasteiger partial charge in [0.15, 0.2) is 6.10 Å². The number of hydrogen-bond acceptors (Lipinski definition) is 3. The van der Waals surface area contributed by atoms with Crippen molar-refractivity contribution in [3.63, 3.8) is 0 Å². The van der Waals surface area contributed by atoms with E-state index in [1.54, 1.807) is 6.07 Å². The summed E-state index contributed by atoms with van der Waals surface area (Å²) in [5.74, 6) is -2.96. The van der Waals surface area contributed by atoms with Crippen LogP contribution in [0.15, 0.2) is 36.5 Å². The molecule has 2 rings (SSSR count). The summed E-state index contributed by atoms with van der Waals surface area (Å²) in [6, 6.07) is 5.75. The summed E-state index contributed by atoms with van der Waals surface area (Å²) in [4.78, 5) is 26.1. The van der Waals surface area contributed by atoms with Crippen LogP contribution in [-0.2, 0) is 9.53 Å². The number of anilines is 1. The first kappa shape index (κ1) is 14.7. The Bertz CT molecular complexity index is 656. The number of esters is 1. The summed E-state index contributed by atoms with van der Waals surface area (Å²) < 4.78 is 31.3. The van der Waals surface area contributed by atoms with Gasteiger partial charge in [0.2, 0.25) is 0 Å². The lowest BCUT2D eigenvalue weighted by molar-refractivity contribution is -0.123. The average molecular weight is 294 g/mol. The maximum atomic E-state index is 13.4. The van der Waals surface area contributed by atoms with E-state index in [-0.39, 0.29) is 11.4 Å². The largest absolute Gasteiger partial charge is 0.448 e. The fraction of sp³-hybridized carbons (Fsp3) is 0.143. The minimum absolute atomic E-state index is 0.187. The molecule has 21 heavy (non-hydrogen) atoms. The number of amides is 1. The summed E-state index contributed by atoms with van der Waals surface area (Å²) in [5.41, 5.74) is -0.130. The molecule has 1 amide bonds. The van der Waals surface area contributed by atoms with E-state index in [1.807, 2.05) is 0 Å². The molecule has 0 aliphatic carbocycles. The quantitative estimate of drug-likeness (QED) is 0.851. The number of ether oxygens (including phenoxy) is 1. The van der Waals surface area contributed by atoms with Crippen LogP contribution in [0.1, 0.15) is 17.4 Å². The predicted molar refractivity (Wildman–Crippen MR) is 70.7 cm³/mol. The van der Waals surface area contributed by atoms with Gasteiger partial charge in [0.1, 0.15) is 17.3 Å². The van der Waals surface area contributed by atoms with Gasteiger partial charge in [0, 0.05) is 12.3 Å². The van der Waals surface area contributed by atoms with Crippen molar-refractivity contribution < 1.29 is 23.1 Å². The van der Waals surface area contributed by atoms with E-state index in [2.05, 4.69) is 10.3 Å². The molecule has 1 atom stereocenters. The van der Waals surface area contributed by atoms with Gasteiger partial charge in [-0.15, -0.1) is 0 Å². The molecule has 0 radical (unpaired) electrons. The Balaban J connectivity index is 1.99. The van der Waals surface area contributed by atoms with Gasteiger partial charge in [-0.25, -0.2) is 13.6 Å². The van der Waals surface area contributed by atoms with E-state index in [0.29, 0.717) is 0 Å². The highest BCUT2D eigenvalue weighted by Gasteiger charge is 2.20. The van der Waals surface area contributed by atoms with E-state index in [4.69, 9.17) is 4.74 Å².